The molecule has 0 spiro atoms. The van der Waals surface area contributed by atoms with Crippen molar-refractivity contribution in [1.29, 1.82) is 0 Å². The summed E-state index contributed by atoms with van der Waals surface area (Å²) in [5.41, 5.74) is 1.25. The normalized spacial score (nSPS) is 17.5. The number of halogens is 1. The molecule has 0 aliphatic carbocycles. The van der Waals surface area contributed by atoms with E-state index in [0.717, 1.165) is 44.4 Å². The predicted octanol–water partition coefficient (Wildman–Crippen LogP) is 2.93. The topological polar surface area (TPSA) is 46.1 Å². The van der Waals surface area contributed by atoms with Crippen molar-refractivity contribution in [2.75, 3.05) is 47.0 Å². The Labute approximate surface area is 162 Å². The summed E-state index contributed by atoms with van der Waals surface area (Å²) >= 11 is 0. The molecule has 0 amide bonds. The molecule has 136 valence electrons. The lowest BCUT2D eigenvalue weighted by molar-refractivity contribution is 0.157. The third kappa shape index (κ3) is 6.84. The monoisotopic (exact) mass is 447 g/mol. The van der Waals surface area contributed by atoms with Gasteiger partial charge in [-0.2, -0.15) is 0 Å². The molecule has 1 aliphatic rings. The number of likely N-dealkylation sites (tertiary alicyclic amines) is 1. The fourth-order valence-corrected chi connectivity index (χ4v) is 2.83. The van der Waals surface area contributed by atoms with Crippen LogP contribution in [0.5, 0.6) is 5.75 Å². The van der Waals surface area contributed by atoms with Gasteiger partial charge in [0.15, 0.2) is 5.96 Å². The number of guanidine groups is 1. The van der Waals surface area contributed by atoms with E-state index in [0.29, 0.717) is 12.5 Å². The summed E-state index contributed by atoms with van der Waals surface area (Å²) in [4.78, 5) is 6.69. The summed E-state index contributed by atoms with van der Waals surface area (Å²) in [5.74, 6) is 2.53. The van der Waals surface area contributed by atoms with Crippen molar-refractivity contribution in [2.45, 2.75) is 19.8 Å². The first-order valence-electron chi connectivity index (χ1n) is 8.37. The minimum absolute atomic E-state index is 0. The Morgan fingerprint density at radius 2 is 2.08 bits per heavy atom. The Bertz CT molecular complexity index is 494. The largest absolute Gasteiger partial charge is 0.494 e. The van der Waals surface area contributed by atoms with E-state index in [9.17, 15) is 0 Å². The minimum atomic E-state index is 0. The molecule has 1 fully saturated rings. The molecule has 0 aromatic heterocycles. The van der Waals surface area contributed by atoms with E-state index < -0.39 is 0 Å². The van der Waals surface area contributed by atoms with E-state index in [-0.39, 0.29) is 24.0 Å². The molecule has 1 saturated heterocycles. The van der Waals surface area contributed by atoms with Crippen molar-refractivity contribution in [3.05, 3.63) is 29.8 Å². The zero-order valence-electron chi connectivity index (χ0n) is 15.0. The van der Waals surface area contributed by atoms with E-state index in [1.165, 1.54) is 12.0 Å². The molecule has 24 heavy (non-hydrogen) atoms. The van der Waals surface area contributed by atoms with Crippen molar-refractivity contribution < 1.29 is 9.47 Å². The zero-order valence-corrected chi connectivity index (χ0v) is 17.3. The summed E-state index contributed by atoms with van der Waals surface area (Å²) in [6, 6.07) is 8.17. The molecule has 1 aromatic carbocycles. The maximum absolute atomic E-state index is 5.74. The number of benzene rings is 1. The second kappa shape index (κ2) is 11.5. The summed E-state index contributed by atoms with van der Waals surface area (Å²) < 4.78 is 11.0. The molecule has 1 heterocycles. The molecule has 1 aliphatic heterocycles. The Morgan fingerprint density at radius 3 is 2.75 bits per heavy atom. The molecular weight excluding hydrogens is 417 g/mol. The number of aryl methyl sites for hydroxylation is 1. The van der Waals surface area contributed by atoms with Crippen LogP contribution in [-0.2, 0) is 4.74 Å². The predicted molar refractivity (Wildman–Crippen MR) is 110 cm³/mol. The van der Waals surface area contributed by atoms with Crippen LogP contribution >= 0.6 is 24.0 Å². The van der Waals surface area contributed by atoms with Gasteiger partial charge < -0.3 is 19.7 Å². The average molecular weight is 447 g/mol. The zero-order chi connectivity index (χ0) is 16.5. The van der Waals surface area contributed by atoms with Crippen LogP contribution in [-0.4, -0.2) is 57.9 Å². The Kier molecular flexibility index (Phi) is 10.1. The second-order valence-electron chi connectivity index (χ2n) is 6.05. The second-order valence-corrected chi connectivity index (χ2v) is 6.05. The summed E-state index contributed by atoms with van der Waals surface area (Å²) in [7, 11) is 3.61. The van der Waals surface area contributed by atoms with Gasteiger partial charge in [0, 0.05) is 39.7 Å². The molecule has 1 unspecified atom stereocenters. The Morgan fingerprint density at radius 1 is 1.33 bits per heavy atom. The van der Waals surface area contributed by atoms with Crippen LogP contribution in [0.25, 0.3) is 0 Å². The van der Waals surface area contributed by atoms with Gasteiger partial charge in [-0.15, -0.1) is 24.0 Å². The van der Waals surface area contributed by atoms with Gasteiger partial charge in [0.1, 0.15) is 5.75 Å². The molecule has 0 saturated carbocycles. The number of hydrogen-bond acceptors (Lipinski definition) is 3. The number of aliphatic imine (C=N–C) groups is 1. The molecule has 5 nitrogen and oxygen atoms in total. The van der Waals surface area contributed by atoms with Crippen molar-refractivity contribution in [2.24, 2.45) is 10.9 Å². The van der Waals surface area contributed by atoms with Crippen molar-refractivity contribution in [1.82, 2.24) is 10.2 Å². The quantitative estimate of drug-likeness (QED) is 0.302. The van der Waals surface area contributed by atoms with Crippen molar-refractivity contribution in [3.8, 4) is 5.75 Å². The van der Waals surface area contributed by atoms with E-state index in [1.807, 2.05) is 19.2 Å². The van der Waals surface area contributed by atoms with Crippen LogP contribution in [0.4, 0.5) is 0 Å². The maximum atomic E-state index is 5.74. The van der Waals surface area contributed by atoms with Crippen LogP contribution in [0, 0.1) is 12.8 Å². The van der Waals surface area contributed by atoms with E-state index >= 15 is 0 Å². The van der Waals surface area contributed by atoms with Gasteiger partial charge in [-0.1, -0.05) is 17.7 Å². The summed E-state index contributed by atoms with van der Waals surface area (Å²) in [6.07, 6.45) is 2.12. The number of rotatable bonds is 7. The molecule has 6 heteroatoms. The highest BCUT2D eigenvalue weighted by molar-refractivity contribution is 14.0. The lowest BCUT2D eigenvalue weighted by Gasteiger charge is -2.21. The molecule has 1 N–H and O–H groups in total. The minimum Gasteiger partial charge on any atom is -0.494 e. The van der Waals surface area contributed by atoms with Crippen LogP contribution in [0.2, 0.25) is 0 Å². The first-order valence-corrected chi connectivity index (χ1v) is 8.37. The molecular formula is C18H30IN3O2. The lowest BCUT2D eigenvalue weighted by Crippen LogP contribution is -2.40. The van der Waals surface area contributed by atoms with E-state index in [1.54, 1.807) is 7.11 Å². The maximum Gasteiger partial charge on any atom is 0.193 e. The molecule has 0 radical (unpaired) electrons. The van der Waals surface area contributed by atoms with Gasteiger partial charge in [0.2, 0.25) is 0 Å². The third-order valence-corrected chi connectivity index (χ3v) is 4.09. The highest BCUT2D eigenvalue weighted by atomic mass is 127. The first kappa shape index (κ1) is 21.0. The van der Waals surface area contributed by atoms with Gasteiger partial charge in [-0.25, -0.2) is 0 Å². The van der Waals surface area contributed by atoms with Gasteiger partial charge in [-0.05, 0) is 31.9 Å². The first-order chi connectivity index (χ1) is 11.2. The smallest absolute Gasteiger partial charge is 0.193 e. The van der Waals surface area contributed by atoms with E-state index in [4.69, 9.17) is 9.47 Å². The van der Waals surface area contributed by atoms with Crippen LogP contribution < -0.4 is 10.1 Å². The van der Waals surface area contributed by atoms with Crippen LogP contribution in [0.1, 0.15) is 18.4 Å². The lowest BCUT2D eigenvalue weighted by atomic mass is 10.1. The fourth-order valence-electron chi connectivity index (χ4n) is 2.83. The average Bonchev–Trinajstić information content (AvgIpc) is 3.01. The number of hydrogen-bond donors (Lipinski definition) is 1. The SMILES string of the molecule is CN=C(NCCCOc1ccc(C)cc1)N1CCC(COC)C1.I. The number of ether oxygens (including phenoxy) is 2. The van der Waals surface area contributed by atoms with Crippen LogP contribution in [0.3, 0.4) is 0 Å². The molecule has 0 bridgehead atoms. The number of methoxy groups -OCH3 is 1. The standard InChI is InChI=1S/C18H29N3O2.HI/c1-15-5-7-17(8-6-15)23-12-4-10-20-18(19-2)21-11-9-16(13-21)14-22-3;/h5-8,16H,4,9-14H2,1-3H3,(H,19,20);1H. The molecule has 1 aromatic rings. The molecule has 2 rings (SSSR count). The van der Waals surface area contributed by atoms with Gasteiger partial charge >= 0.3 is 0 Å². The van der Waals surface area contributed by atoms with Gasteiger partial charge in [-0.3, -0.25) is 4.99 Å². The highest BCUT2D eigenvalue weighted by Gasteiger charge is 2.24. The van der Waals surface area contributed by atoms with Gasteiger partial charge in [0.25, 0.3) is 0 Å². The number of nitrogens with one attached hydrogen (secondary N) is 1. The number of nitrogens with zero attached hydrogens (tertiary/aromatic N) is 2. The van der Waals surface area contributed by atoms with Crippen molar-refractivity contribution >= 4 is 29.9 Å². The third-order valence-electron chi connectivity index (χ3n) is 4.09. The van der Waals surface area contributed by atoms with Crippen molar-refractivity contribution in [3.63, 3.8) is 0 Å². The van der Waals surface area contributed by atoms with E-state index in [2.05, 4.69) is 34.3 Å². The summed E-state index contributed by atoms with van der Waals surface area (Å²) in [6.45, 7) is 6.55. The summed E-state index contributed by atoms with van der Waals surface area (Å²) in [5, 5.41) is 3.42. The van der Waals surface area contributed by atoms with Crippen LogP contribution in [0.15, 0.2) is 29.3 Å². The molecule has 1 atom stereocenters. The highest BCUT2D eigenvalue weighted by Crippen LogP contribution is 2.16. The van der Waals surface area contributed by atoms with Gasteiger partial charge in [0.05, 0.1) is 13.2 Å². The fraction of sp³-hybridized carbons (Fsp3) is 0.611. The Hall–Kier alpha value is -1.02. The Balaban J connectivity index is 0.00000288.